The van der Waals surface area contributed by atoms with Gasteiger partial charge < -0.3 is 15.0 Å². The molecule has 104 valence electrons. The molecule has 1 N–H and O–H groups in total. The van der Waals surface area contributed by atoms with Crippen molar-refractivity contribution in [3.05, 3.63) is 24.3 Å². The number of carbonyl (C=O) groups is 1. The van der Waals surface area contributed by atoms with E-state index in [2.05, 4.69) is 12.2 Å². The number of anilines is 1. The average Bonchev–Trinajstić information content (AvgIpc) is 2.47. The molecule has 0 aliphatic carbocycles. The monoisotopic (exact) mass is 280 g/mol. The first kappa shape index (κ1) is 14.2. The standard InChI is InChI=1S/C14H20N2O2S/c1-3-11-10-16(8-9-18-11)14(17)15-12-6-4-5-7-13(12)19-2/h4-7,11H,3,8-10H2,1-2H3,(H,15,17)/t11-/m0/s1. The van der Waals surface area contributed by atoms with Gasteiger partial charge in [0.05, 0.1) is 18.4 Å². The quantitative estimate of drug-likeness (QED) is 0.865. The van der Waals surface area contributed by atoms with Crippen molar-refractivity contribution in [2.75, 3.05) is 31.3 Å². The second-order valence-electron chi connectivity index (χ2n) is 4.48. The van der Waals surface area contributed by atoms with E-state index in [4.69, 9.17) is 4.74 Å². The van der Waals surface area contributed by atoms with Crippen LogP contribution in [-0.2, 0) is 4.74 Å². The summed E-state index contributed by atoms with van der Waals surface area (Å²) in [6, 6.07) is 7.81. The third kappa shape index (κ3) is 3.64. The molecule has 1 aliphatic rings. The minimum absolute atomic E-state index is 0.0387. The number of para-hydroxylation sites is 1. The van der Waals surface area contributed by atoms with Gasteiger partial charge in [0.1, 0.15) is 0 Å². The molecule has 2 rings (SSSR count). The highest BCUT2D eigenvalue weighted by molar-refractivity contribution is 7.98. The number of morpholine rings is 1. The van der Waals surface area contributed by atoms with E-state index in [0.29, 0.717) is 19.7 Å². The summed E-state index contributed by atoms with van der Waals surface area (Å²) in [5.41, 5.74) is 0.875. The number of hydrogen-bond donors (Lipinski definition) is 1. The van der Waals surface area contributed by atoms with Gasteiger partial charge >= 0.3 is 6.03 Å². The highest BCUT2D eigenvalue weighted by Gasteiger charge is 2.23. The molecule has 1 aliphatic heterocycles. The van der Waals surface area contributed by atoms with Crippen LogP contribution in [0.15, 0.2) is 29.2 Å². The van der Waals surface area contributed by atoms with E-state index in [1.807, 2.05) is 35.4 Å². The van der Waals surface area contributed by atoms with E-state index in [1.54, 1.807) is 11.8 Å². The topological polar surface area (TPSA) is 41.6 Å². The average molecular weight is 280 g/mol. The molecular formula is C14H20N2O2S. The minimum Gasteiger partial charge on any atom is -0.375 e. The van der Waals surface area contributed by atoms with Crippen LogP contribution in [0.1, 0.15) is 13.3 Å². The number of rotatable bonds is 3. The van der Waals surface area contributed by atoms with Crippen molar-refractivity contribution in [1.82, 2.24) is 4.90 Å². The summed E-state index contributed by atoms with van der Waals surface area (Å²) in [4.78, 5) is 15.2. The van der Waals surface area contributed by atoms with Gasteiger partial charge in [-0.05, 0) is 24.8 Å². The summed E-state index contributed by atoms with van der Waals surface area (Å²) in [5.74, 6) is 0. The summed E-state index contributed by atoms with van der Waals surface area (Å²) in [6.07, 6.45) is 3.10. The number of nitrogens with one attached hydrogen (secondary N) is 1. The smallest absolute Gasteiger partial charge is 0.322 e. The molecule has 19 heavy (non-hydrogen) atoms. The number of hydrogen-bond acceptors (Lipinski definition) is 3. The number of urea groups is 1. The lowest BCUT2D eigenvalue weighted by Gasteiger charge is -2.32. The van der Waals surface area contributed by atoms with E-state index < -0.39 is 0 Å². The fraction of sp³-hybridized carbons (Fsp3) is 0.500. The molecule has 0 unspecified atom stereocenters. The van der Waals surface area contributed by atoms with Gasteiger partial charge in [0.2, 0.25) is 0 Å². The van der Waals surface area contributed by atoms with Crippen LogP contribution in [0.4, 0.5) is 10.5 Å². The van der Waals surface area contributed by atoms with Crippen LogP contribution in [0.25, 0.3) is 0 Å². The number of amides is 2. The number of thioether (sulfide) groups is 1. The Morgan fingerprint density at radius 2 is 2.32 bits per heavy atom. The number of nitrogens with zero attached hydrogens (tertiary/aromatic N) is 1. The molecule has 2 amide bonds. The molecule has 5 heteroatoms. The maximum atomic E-state index is 12.2. The number of ether oxygens (including phenoxy) is 1. The Labute approximate surface area is 118 Å². The van der Waals surface area contributed by atoms with Crippen LogP contribution in [-0.4, -0.2) is 43.0 Å². The normalized spacial score (nSPS) is 19.3. The van der Waals surface area contributed by atoms with Crippen molar-refractivity contribution in [3.8, 4) is 0 Å². The summed E-state index contributed by atoms with van der Waals surface area (Å²) in [7, 11) is 0. The summed E-state index contributed by atoms with van der Waals surface area (Å²) in [5, 5.41) is 2.99. The molecule has 1 heterocycles. The SMILES string of the molecule is CC[C@H]1CN(C(=O)Nc2ccccc2SC)CCO1. The molecule has 0 aromatic heterocycles. The van der Waals surface area contributed by atoms with Crippen LogP contribution in [0.3, 0.4) is 0 Å². The second-order valence-corrected chi connectivity index (χ2v) is 5.33. The van der Waals surface area contributed by atoms with E-state index in [1.165, 1.54) is 0 Å². The third-order valence-electron chi connectivity index (χ3n) is 3.23. The van der Waals surface area contributed by atoms with Crippen molar-refractivity contribution in [1.29, 1.82) is 0 Å². The first-order chi connectivity index (χ1) is 9.24. The molecular weight excluding hydrogens is 260 g/mol. The van der Waals surface area contributed by atoms with Crippen LogP contribution in [0, 0.1) is 0 Å². The lowest BCUT2D eigenvalue weighted by Crippen LogP contribution is -2.47. The molecule has 4 nitrogen and oxygen atoms in total. The fourth-order valence-electron chi connectivity index (χ4n) is 2.09. The van der Waals surface area contributed by atoms with Crippen LogP contribution < -0.4 is 5.32 Å². The van der Waals surface area contributed by atoms with Gasteiger partial charge in [-0.2, -0.15) is 0 Å². The Morgan fingerprint density at radius 1 is 1.53 bits per heavy atom. The lowest BCUT2D eigenvalue weighted by atomic mass is 10.2. The molecule has 1 atom stereocenters. The number of benzene rings is 1. The van der Waals surface area contributed by atoms with Gasteiger partial charge in [-0.25, -0.2) is 4.79 Å². The van der Waals surface area contributed by atoms with E-state index >= 15 is 0 Å². The van der Waals surface area contributed by atoms with Crippen LogP contribution >= 0.6 is 11.8 Å². The zero-order valence-electron chi connectivity index (χ0n) is 11.4. The minimum atomic E-state index is -0.0387. The van der Waals surface area contributed by atoms with E-state index in [0.717, 1.165) is 17.0 Å². The van der Waals surface area contributed by atoms with E-state index in [9.17, 15) is 4.79 Å². The van der Waals surface area contributed by atoms with Gasteiger partial charge in [-0.3, -0.25) is 0 Å². The molecule has 0 saturated carbocycles. The molecule has 0 spiro atoms. The zero-order chi connectivity index (χ0) is 13.7. The van der Waals surface area contributed by atoms with Gasteiger partial charge in [-0.1, -0.05) is 19.1 Å². The number of carbonyl (C=O) groups excluding carboxylic acids is 1. The van der Waals surface area contributed by atoms with Gasteiger partial charge in [0.25, 0.3) is 0 Å². The second kappa shape index (κ2) is 6.82. The van der Waals surface area contributed by atoms with Crippen molar-refractivity contribution < 1.29 is 9.53 Å². The van der Waals surface area contributed by atoms with Gasteiger partial charge in [0, 0.05) is 18.0 Å². The Balaban J connectivity index is 2.00. The van der Waals surface area contributed by atoms with Gasteiger partial charge in [-0.15, -0.1) is 11.8 Å². The first-order valence-corrected chi connectivity index (χ1v) is 7.77. The molecule has 0 bridgehead atoms. The Kier molecular flexibility index (Phi) is 5.10. The third-order valence-corrected chi connectivity index (χ3v) is 4.03. The predicted molar refractivity (Wildman–Crippen MR) is 78.8 cm³/mol. The fourth-order valence-corrected chi connectivity index (χ4v) is 2.65. The van der Waals surface area contributed by atoms with Crippen molar-refractivity contribution in [2.45, 2.75) is 24.3 Å². The lowest BCUT2D eigenvalue weighted by molar-refractivity contribution is -0.0134. The van der Waals surface area contributed by atoms with Crippen molar-refractivity contribution in [3.63, 3.8) is 0 Å². The predicted octanol–water partition coefficient (Wildman–Crippen LogP) is 3.05. The van der Waals surface area contributed by atoms with Crippen molar-refractivity contribution >= 4 is 23.5 Å². The molecule has 1 aromatic carbocycles. The largest absolute Gasteiger partial charge is 0.375 e. The Bertz CT molecular complexity index is 439. The summed E-state index contributed by atoms with van der Waals surface area (Å²) in [6.45, 7) is 4.03. The maximum Gasteiger partial charge on any atom is 0.322 e. The first-order valence-electron chi connectivity index (χ1n) is 6.55. The highest BCUT2D eigenvalue weighted by Crippen LogP contribution is 2.25. The summed E-state index contributed by atoms with van der Waals surface area (Å²) < 4.78 is 5.58. The maximum absolute atomic E-state index is 12.2. The zero-order valence-corrected chi connectivity index (χ0v) is 12.2. The Hall–Kier alpha value is -1.20. The van der Waals surface area contributed by atoms with Crippen molar-refractivity contribution in [2.24, 2.45) is 0 Å². The molecule has 1 fully saturated rings. The Morgan fingerprint density at radius 3 is 3.05 bits per heavy atom. The van der Waals surface area contributed by atoms with E-state index in [-0.39, 0.29) is 12.1 Å². The van der Waals surface area contributed by atoms with Gasteiger partial charge in [0.15, 0.2) is 0 Å². The molecule has 0 radical (unpaired) electrons. The molecule has 1 aromatic rings. The highest BCUT2D eigenvalue weighted by atomic mass is 32.2. The molecule has 1 saturated heterocycles. The van der Waals surface area contributed by atoms with Crippen LogP contribution in [0.2, 0.25) is 0 Å². The van der Waals surface area contributed by atoms with Crippen LogP contribution in [0.5, 0.6) is 0 Å². The summed E-state index contributed by atoms with van der Waals surface area (Å²) >= 11 is 1.63.